The average Bonchev–Trinajstić information content (AvgIpc) is 2.37. The fraction of sp³-hybridized carbons (Fsp3) is 0. The van der Waals surface area contributed by atoms with Gasteiger partial charge in [0.1, 0.15) is 22.8 Å². The fourth-order valence-electron chi connectivity index (χ4n) is 1.41. The van der Waals surface area contributed by atoms with Crippen LogP contribution in [0.4, 0.5) is 0 Å². The third-order valence-electron chi connectivity index (χ3n) is 2.33. The maximum Gasteiger partial charge on any atom is 0.348 e. The van der Waals surface area contributed by atoms with Crippen LogP contribution >= 0.6 is 45.2 Å². The van der Waals surface area contributed by atoms with Gasteiger partial charge in [-0.05, 0) is 81.6 Å². The highest BCUT2D eigenvalue weighted by atomic mass is 127. The van der Waals surface area contributed by atoms with Gasteiger partial charge >= 0.3 is 5.97 Å². The number of hydrogen-bond acceptors (Lipinski definition) is 4. The van der Waals surface area contributed by atoms with Crippen molar-refractivity contribution in [1.82, 2.24) is 0 Å². The van der Waals surface area contributed by atoms with Crippen LogP contribution in [-0.2, 0) is 0 Å². The topological polar surface area (TPSA) is 66.8 Å². The minimum Gasteiger partial charge on any atom is -0.508 e. The lowest BCUT2D eigenvalue weighted by Gasteiger charge is -2.09. The van der Waals surface area contributed by atoms with E-state index in [0.717, 1.165) is 0 Å². The van der Waals surface area contributed by atoms with Gasteiger partial charge in [-0.1, -0.05) is 0 Å². The lowest BCUT2D eigenvalue weighted by atomic mass is 10.2. The molecule has 0 bridgehead atoms. The molecular formula is C13H8I2O4. The first-order valence-electron chi connectivity index (χ1n) is 5.17. The minimum absolute atomic E-state index is 0.0868. The molecule has 2 aromatic rings. The lowest BCUT2D eigenvalue weighted by Crippen LogP contribution is -2.11. The first kappa shape index (κ1) is 14.4. The van der Waals surface area contributed by atoms with Gasteiger partial charge < -0.3 is 14.9 Å². The molecule has 0 saturated heterocycles. The predicted molar refractivity (Wildman–Crippen MR) is 86.6 cm³/mol. The van der Waals surface area contributed by atoms with Gasteiger partial charge in [0.25, 0.3) is 0 Å². The van der Waals surface area contributed by atoms with E-state index in [1.165, 1.54) is 24.3 Å². The summed E-state index contributed by atoms with van der Waals surface area (Å²) in [5.74, 6) is -0.328. The van der Waals surface area contributed by atoms with Crippen LogP contribution in [0, 0.1) is 7.14 Å². The Balaban J connectivity index is 2.30. The van der Waals surface area contributed by atoms with Crippen molar-refractivity contribution in [3.05, 3.63) is 49.1 Å². The quantitative estimate of drug-likeness (QED) is 0.391. The van der Waals surface area contributed by atoms with Crippen LogP contribution in [-0.4, -0.2) is 16.2 Å². The van der Waals surface area contributed by atoms with Gasteiger partial charge in [0.15, 0.2) is 0 Å². The van der Waals surface area contributed by atoms with E-state index in [1.54, 1.807) is 12.1 Å². The molecule has 0 unspecified atom stereocenters. The number of esters is 1. The zero-order valence-corrected chi connectivity index (χ0v) is 13.7. The third-order valence-corrected chi connectivity index (χ3v) is 4.10. The number of carbonyl (C=O) groups is 1. The molecule has 0 aromatic heterocycles. The molecule has 6 heteroatoms. The Bertz CT molecular complexity index is 623. The minimum atomic E-state index is -0.633. The summed E-state index contributed by atoms with van der Waals surface area (Å²) in [5.41, 5.74) is 0.139. The maximum absolute atomic E-state index is 12.0. The van der Waals surface area contributed by atoms with Crippen molar-refractivity contribution in [2.75, 3.05) is 0 Å². The molecule has 19 heavy (non-hydrogen) atoms. The molecule has 2 aromatic carbocycles. The molecule has 0 fully saturated rings. The van der Waals surface area contributed by atoms with Crippen LogP contribution in [0.2, 0.25) is 0 Å². The van der Waals surface area contributed by atoms with Gasteiger partial charge in [0.2, 0.25) is 0 Å². The van der Waals surface area contributed by atoms with Gasteiger partial charge in [-0.2, -0.15) is 0 Å². The van der Waals surface area contributed by atoms with Crippen LogP contribution in [0.3, 0.4) is 0 Å². The smallest absolute Gasteiger partial charge is 0.348 e. The van der Waals surface area contributed by atoms with Gasteiger partial charge in [0.05, 0.1) is 3.57 Å². The molecule has 0 aliphatic rings. The average molecular weight is 482 g/mol. The van der Waals surface area contributed by atoms with Crippen molar-refractivity contribution in [3.63, 3.8) is 0 Å². The van der Waals surface area contributed by atoms with Crippen molar-refractivity contribution in [3.8, 4) is 17.2 Å². The van der Waals surface area contributed by atoms with Crippen molar-refractivity contribution >= 4 is 51.2 Å². The summed E-state index contributed by atoms with van der Waals surface area (Å²) in [5, 5.41) is 19.1. The van der Waals surface area contributed by atoms with Crippen molar-refractivity contribution in [2.45, 2.75) is 0 Å². The van der Waals surface area contributed by atoms with Gasteiger partial charge in [-0.3, -0.25) is 0 Å². The van der Waals surface area contributed by atoms with E-state index in [0.29, 0.717) is 12.9 Å². The Morgan fingerprint density at radius 1 is 0.947 bits per heavy atom. The second-order valence-electron chi connectivity index (χ2n) is 3.64. The van der Waals surface area contributed by atoms with Crippen LogP contribution < -0.4 is 4.74 Å². The molecule has 0 amide bonds. The Morgan fingerprint density at radius 2 is 1.53 bits per heavy atom. The van der Waals surface area contributed by atoms with Gasteiger partial charge in [0, 0.05) is 3.57 Å². The van der Waals surface area contributed by atoms with Crippen molar-refractivity contribution in [1.29, 1.82) is 0 Å². The molecule has 2 N–H and O–H groups in total. The standard InChI is InChI=1S/C13H8I2O4/c14-9-5-6-10(15)12(17)11(9)13(18)19-8-3-1-7(16)2-4-8/h1-6,16-17H. The number of ether oxygens (including phenoxy) is 1. The second-order valence-corrected chi connectivity index (χ2v) is 5.96. The molecule has 0 radical (unpaired) electrons. The molecule has 0 atom stereocenters. The van der Waals surface area contributed by atoms with E-state index in [4.69, 9.17) is 9.84 Å². The number of halogens is 2. The monoisotopic (exact) mass is 482 g/mol. The van der Waals surface area contributed by atoms with E-state index in [-0.39, 0.29) is 17.1 Å². The van der Waals surface area contributed by atoms with Crippen molar-refractivity contribution in [2.24, 2.45) is 0 Å². The Morgan fingerprint density at radius 3 is 2.16 bits per heavy atom. The van der Waals surface area contributed by atoms with Gasteiger partial charge in [-0.25, -0.2) is 4.79 Å². The molecule has 0 aliphatic carbocycles. The Kier molecular flexibility index (Phi) is 4.50. The lowest BCUT2D eigenvalue weighted by molar-refractivity contribution is 0.0730. The first-order valence-corrected chi connectivity index (χ1v) is 7.33. The highest BCUT2D eigenvalue weighted by molar-refractivity contribution is 14.1. The van der Waals surface area contributed by atoms with E-state index in [2.05, 4.69) is 0 Å². The van der Waals surface area contributed by atoms with Gasteiger partial charge in [-0.15, -0.1) is 0 Å². The molecule has 98 valence electrons. The number of aromatic hydroxyl groups is 2. The Hall–Kier alpha value is -1.03. The van der Waals surface area contributed by atoms with Crippen LogP contribution in [0.5, 0.6) is 17.2 Å². The molecule has 2 rings (SSSR count). The molecule has 0 aliphatic heterocycles. The zero-order valence-electron chi connectivity index (χ0n) is 9.43. The number of carbonyl (C=O) groups excluding carboxylic acids is 1. The van der Waals surface area contributed by atoms with E-state index >= 15 is 0 Å². The van der Waals surface area contributed by atoms with E-state index < -0.39 is 5.97 Å². The largest absolute Gasteiger partial charge is 0.508 e. The molecular weight excluding hydrogens is 474 g/mol. The number of phenolic OH excluding ortho intramolecular Hbond substituents is 2. The van der Waals surface area contributed by atoms with Crippen LogP contribution in [0.1, 0.15) is 10.4 Å². The molecule has 0 saturated carbocycles. The summed E-state index contributed by atoms with van der Waals surface area (Å²) in [6.07, 6.45) is 0. The van der Waals surface area contributed by atoms with E-state index in [9.17, 15) is 9.90 Å². The summed E-state index contributed by atoms with van der Waals surface area (Å²) in [7, 11) is 0. The normalized spacial score (nSPS) is 10.2. The number of rotatable bonds is 2. The summed E-state index contributed by atoms with van der Waals surface area (Å²) in [6.45, 7) is 0. The number of hydrogen-bond donors (Lipinski definition) is 2. The zero-order chi connectivity index (χ0) is 14.0. The summed E-state index contributed by atoms with van der Waals surface area (Å²) >= 11 is 3.90. The number of benzene rings is 2. The highest BCUT2D eigenvalue weighted by Crippen LogP contribution is 2.29. The second kappa shape index (κ2) is 5.95. The van der Waals surface area contributed by atoms with E-state index in [1.807, 2.05) is 45.2 Å². The summed E-state index contributed by atoms with van der Waals surface area (Å²) < 4.78 is 6.34. The first-order chi connectivity index (χ1) is 8.99. The molecule has 0 spiro atoms. The highest BCUT2D eigenvalue weighted by Gasteiger charge is 2.19. The van der Waals surface area contributed by atoms with Crippen molar-refractivity contribution < 1.29 is 19.7 Å². The predicted octanol–water partition coefficient (Wildman–Crippen LogP) is 3.53. The maximum atomic E-state index is 12.0. The molecule has 0 heterocycles. The van der Waals surface area contributed by atoms with Crippen LogP contribution in [0.25, 0.3) is 0 Å². The fourth-order valence-corrected chi connectivity index (χ4v) is 2.51. The Labute approximate surface area is 136 Å². The number of phenols is 2. The third kappa shape index (κ3) is 3.30. The summed E-state index contributed by atoms with van der Waals surface area (Å²) in [4.78, 5) is 12.0. The van der Waals surface area contributed by atoms with Crippen LogP contribution in [0.15, 0.2) is 36.4 Å². The molecule has 4 nitrogen and oxygen atoms in total. The summed E-state index contributed by atoms with van der Waals surface area (Å²) in [6, 6.07) is 9.24. The SMILES string of the molecule is O=C(Oc1ccc(O)cc1)c1c(I)ccc(I)c1O.